The Morgan fingerprint density at radius 2 is 1.58 bits per heavy atom. The average Bonchev–Trinajstić information content (AvgIpc) is 2.78. The summed E-state index contributed by atoms with van der Waals surface area (Å²) >= 11 is 0. The van der Waals surface area contributed by atoms with Gasteiger partial charge in [0.25, 0.3) is 0 Å². The minimum atomic E-state index is -3.37. The minimum Gasteiger partial charge on any atom is -0.378 e. The number of anilines is 1. The summed E-state index contributed by atoms with van der Waals surface area (Å²) in [5.41, 5.74) is 3.02. The van der Waals surface area contributed by atoms with Crippen molar-refractivity contribution in [2.75, 3.05) is 38.6 Å². The summed E-state index contributed by atoms with van der Waals surface area (Å²) in [6.45, 7) is 4.02. The number of carbonyl (C=O) groups excluding carboxylic acids is 1. The van der Waals surface area contributed by atoms with E-state index in [1.165, 1.54) is 0 Å². The highest BCUT2D eigenvalue weighted by molar-refractivity contribution is 7.88. The van der Waals surface area contributed by atoms with Gasteiger partial charge in [-0.05, 0) is 43.0 Å². The van der Waals surface area contributed by atoms with Crippen LogP contribution in [0.5, 0.6) is 0 Å². The Kier molecular flexibility index (Phi) is 7.73. The molecule has 1 fully saturated rings. The van der Waals surface area contributed by atoms with Gasteiger partial charge in [-0.2, -0.15) is 0 Å². The van der Waals surface area contributed by atoms with Gasteiger partial charge in [-0.15, -0.1) is 0 Å². The quantitative estimate of drug-likeness (QED) is 0.628. The molecule has 0 atom stereocenters. The van der Waals surface area contributed by atoms with Crippen LogP contribution in [0, 0.1) is 5.92 Å². The molecular formula is C24H33N3O3S. The molecule has 2 aromatic rings. The predicted molar refractivity (Wildman–Crippen MR) is 125 cm³/mol. The van der Waals surface area contributed by atoms with E-state index in [0.29, 0.717) is 39.0 Å². The first-order valence-electron chi connectivity index (χ1n) is 10.9. The van der Waals surface area contributed by atoms with Crippen LogP contribution in [-0.4, -0.2) is 57.3 Å². The third-order valence-corrected chi connectivity index (χ3v) is 7.76. The highest BCUT2D eigenvalue weighted by Gasteiger charge is 2.32. The maximum Gasteiger partial charge on any atom is 0.226 e. The van der Waals surface area contributed by atoms with Crippen molar-refractivity contribution in [1.29, 1.82) is 0 Å². The summed E-state index contributed by atoms with van der Waals surface area (Å²) in [6.07, 6.45) is 1.14. The van der Waals surface area contributed by atoms with Gasteiger partial charge in [0.05, 0.1) is 5.75 Å². The van der Waals surface area contributed by atoms with E-state index in [9.17, 15) is 13.2 Å². The fourth-order valence-corrected chi connectivity index (χ4v) is 5.54. The summed E-state index contributed by atoms with van der Waals surface area (Å²) < 4.78 is 27.1. The number of hydrogen-bond acceptors (Lipinski definition) is 4. The smallest absolute Gasteiger partial charge is 0.226 e. The van der Waals surface area contributed by atoms with E-state index >= 15 is 0 Å². The van der Waals surface area contributed by atoms with E-state index in [0.717, 1.165) is 16.8 Å². The van der Waals surface area contributed by atoms with Crippen LogP contribution in [0.3, 0.4) is 0 Å². The summed E-state index contributed by atoms with van der Waals surface area (Å²) in [4.78, 5) is 17.0. The molecule has 0 saturated carbocycles. The maximum atomic E-state index is 13.1. The van der Waals surface area contributed by atoms with Crippen LogP contribution < -0.4 is 4.90 Å². The lowest BCUT2D eigenvalue weighted by atomic mass is 9.96. The molecular weight excluding hydrogens is 410 g/mol. The zero-order chi connectivity index (χ0) is 22.4. The van der Waals surface area contributed by atoms with E-state index in [4.69, 9.17) is 0 Å². The van der Waals surface area contributed by atoms with Crippen LogP contribution in [0.4, 0.5) is 5.69 Å². The van der Waals surface area contributed by atoms with Crippen LogP contribution >= 0.6 is 0 Å². The largest absolute Gasteiger partial charge is 0.378 e. The van der Waals surface area contributed by atoms with Crippen molar-refractivity contribution in [3.05, 3.63) is 65.7 Å². The highest BCUT2D eigenvalue weighted by atomic mass is 32.2. The number of hydrogen-bond donors (Lipinski definition) is 0. The zero-order valence-electron chi connectivity index (χ0n) is 18.7. The van der Waals surface area contributed by atoms with Crippen molar-refractivity contribution in [1.82, 2.24) is 9.21 Å². The molecule has 1 heterocycles. The molecule has 168 valence electrons. The van der Waals surface area contributed by atoms with Crippen molar-refractivity contribution in [2.24, 2.45) is 5.92 Å². The van der Waals surface area contributed by atoms with Gasteiger partial charge in [0.2, 0.25) is 15.9 Å². The van der Waals surface area contributed by atoms with Crippen LogP contribution in [-0.2, 0) is 27.1 Å². The first-order chi connectivity index (χ1) is 14.8. The third-order valence-electron chi connectivity index (χ3n) is 5.91. The molecule has 0 bridgehead atoms. The summed E-state index contributed by atoms with van der Waals surface area (Å²) in [6, 6.07) is 17.5. The van der Waals surface area contributed by atoms with Gasteiger partial charge in [0, 0.05) is 51.9 Å². The molecule has 1 amide bonds. The van der Waals surface area contributed by atoms with Crippen LogP contribution in [0.25, 0.3) is 0 Å². The van der Waals surface area contributed by atoms with Gasteiger partial charge in [0.15, 0.2) is 0 Å². The molecule has 2 aromatic carbocycles. The lowest BCUT2D eigenvalue weighted by Gasteiger charge is -2.33. The fourth-order valence-electron chi connectivity index (χ4n) is 3.98. The first-order valence-corrected chi connectivity index (χ1v) is 12.5. The number of sulfonamides is 1. The van der Waals surface area contributed by atoms with E-state index in [1.54, 1.807) is 4.31 Å². The number of piperidine rings is 1. The van der Waals surface area contributed by atoms with Gasteiger partial charge in [-0.1, -0.05) is 42.5 Å². The average molecular weight is 444 g/mol. The Labute approximate surface area is 186 Å². The van der Waals surface area contributed by atoms with Gasteiger partial charge in [0.1, 0.15) is 0 Å². The van der Waals surface area contributed by atoms with Crippen molar-refractivity contribution < 1.29 is 13.2 Å². The molecule has 0 aliphatic carbocycles. The van der Waals surface area contributed by atoms with E-state index in [-0.39, 0.29) is 17.6 Å². The minimum absolute atomic E-state index is 0.0104. The van der Waals surface area contributed by atoms with E-state index in [2.05, 4.69) is 24.3 Å². The first kappa shape index (κ1) is 23.3. The number of carbonyl (C=O) groups is 1. The Morgan fingerprint density at radius 1 is 0.968 bits per heavy atom. The van der Waals surface area contributed by atoms with Gasteiger partial charge in [-0.3, -0.25) is 4.79 Å². The molecule has 0 aromatic heterocycles. The van der Waals surface area contributed by atoms with Gasteiger partial charge in [-0.25, -0.2) is 12.7 Å². The number of amides is 1. The van der Waals surface area contributed by atoms with Crippen LogP contribution in [0.2, 0.25) is 0 Å². The fraction of sp³-hybridized carbons (Fsp3) is 0.458. The Morgan fingerprint density at radius 3 is 2.13 bits per heavy atom. The normalized spacial score (nSPS) is 15.6. The molecule has 3 rings (SSSR count). The molecule has 6 nitrogen and oxygen atoms in total. The van der Waals surface area contributed by atoms with E-state index < -0.39 is 10.0 Å². The summed E-state index contributed by atoms with van der Waals surface area (Å²) in [7, 11) is 0.640. The van der Waals surface area contributed by atoms with Crippen LogP contribution in [0.1, 0.15) is 30.9 Å². The molecule has 31 heavy (non-hydrogen) atoms. The molecule has 0 unspecified atom stereocenters. The van der Waals surface area contributed by atoms with Crippen LogP contribution in [0.15, 0.2) is 54.6 Å². The number of rotatable bonds is 8. The highest BCUT2D eigenvalue weighted by Crippen LogP contribution is 2.24. The monoisotopic (exact) mass is 443 g/mol. The van der Waals surface area contributed by atoms with E-state index in [1.807, 2.05) is 61.2 Å². The third kappa shape index (κ3) is 6.08. The van der Waals surface area contributed by atoms with Gasteiger partial charge >= 0.3 is 0 Å². The number of benzene rings is 2. The lowest BCUT2D eigenvalue weighted by molar-refractivity contribution is -0.137. The predicted octanol–water partition coefficient (Wildman–Crippen LogP) is 3.34. The second-order valence-electron chi connectivity index (χ2n) is 8.33. The molecule has 1 aliphatic rings. The second-order valence-corrected chi connectivity index (χ2v) is 10.3. The Balaban J connectivity index is 1.56. The maximum absolute atomic E-state index is 13.1. The zero-order valence-corrected chi connectivity index (χ0v) is 19.5. The Bertz CT molecular complexity index is 951. The second kappa shape index (κ2) is 10.3. The molecule has 7 heteroatoms. The topological polar surface area (TPSA) is 60.9 Å². The summed E-state index contributed by atoms with van der Waals surface area (Å²) in [5, 5.41) is 0. The van der Waals surface area contributed by atoms with Crippen molar-refractivity contribution in [2.45, 2.75) is 32.1 Å². The van der Waals surface area contributed by atoms with Gasteiger partial charge < -0.3 is 9.80 Å². The lowest BCUT2D eigenvalue weighted by Crippen LogP contribution is -2.44. The molecule has 1 aliphatic heterocycles. The SMILES string of the molecule is CCN(Cc1ccc(N(C)C)cc1)C(=O)C1CCN(S(=O)(=O)Cc2ccccc2)CC1. The molecule has 1 saturated heterocycles. The van der Waals surface area contributed by atoms with Crippen molar-refractivity contribution in [3.8, 4) is 0 Å². The molecule has 0 radical (unpaired) electrons. The molecule has 0 N–H and O–H groups in total. The van der Waals surface area contributed by atoms with Crippen molar-refractivity contribution in [3.63, 3.8) is 0 Å². The Hall–Kier alpha value is -2.38. The standard InChI is InChI=1S/C24H33N3O3S/c1-4-26(18-20-10-12-23(13-11-20)25(2)3)24(28)22-14-16-27(17-15-22)31(29,30)19-21-8-6-5-7-9-21/h5-13,22H,4,14-19H2,1-3H3. The van der Waals surface area contributed by atoms with Crippen molar-refractivity contribution >= 4 is 21.6 Å². The molecule has 0 spiro atoms. The number of nitrogens with zero attached hydrogens (tertiary/aromatic N) is 3. The summed E-state index contributed by atoms with van der Waals surface area (Å²) in [5.74, 6) is 0.0136.